The van der Waals surface area contributed by atoms with Gasteiger partial charge < -0.3 is 5.32 Å². The minimum absolute atomic E-state index is 0.101. The first kappa shape index (κ1) is 18.6. The standard InChI is InChI=1S/C20H22FN3O/c1-14(18-7-9-19(21)10-8-18)23-20(25)15(2)24(3)13-17-6-4-5-16(11-17)12-22/h4-11,14-15H,13H2,1-3H3,(H,23,25). The van der Waals surface area contributed by atoms with Gasteiger partial charge in [-0.3, -0.25) is 9.69 Å². The highest BCUT2D eigenvalue weighted by molar-refractivity contribution is 5.81. The predicted molar refractivity (Wildman–Crippen MR) is 95.0 cm³/mol. The Bertz CT molecular complexity index is 767. The van der Waals surface area contributed by atoms with Crippen molar-refractivity contribution in [3.05, 3.63) is 71.0 Å². The molecule has 2 aromatic carbocycles. The maximum atomic E-state index is 13.0. The number of hydrogen-bond donors (Lipinski definition) is 1. The lowest BCUT2D eigenvalue weighted by atomic mass is 10.1. The van der Waals surface area contributed by atoms with Crippen molar-refractivity contribution in [2.75, 3.05) is 7.05 Å². The van der Waals surface area contributed by atoms with Crippen molar-refractivity contribution >= 4 is 5.91 Å². The minimum Gasteiger partial charge on any atom is -0.348 e. The molecule has 25 heavy (non-hydrogen) atoms. The number of carbonyl (C=O) groups excluding carboxylic acids is 1. The van der Waals surface area contributed by atoms with Gasteiger partial charge in [0.2, 0.25) is 5.91 Å². The molecule has 0 saturated heterocycles. The van der Waals surface area contributed by atoms with Crippen molar-refractivity contribution in [3.8, 4) is 6.07 Å². The molecule has 0 fully saturated rings. The predicted octanol–water partition coefficient (Wildman–Crippen LogP) is 3.40. The van der Waals surface area contributed by atoms with Gasteiger partial charge >= 0.3 is 0 Å². The van der Waals surface area contributed by atoms with Crippen LogP contribution in [0.2, 0.25) is 0 Å². The summed E-state index contributed by atoms with van der Waals surface area (Å²) in [6.07, 6.45) is 0. The normalized spacial score (nSPS) is 13.1. The van der Waals surface area contributed by atoms with Crippen LogP contribution in [-0.2, 0) is 11.3 Å². The highest BCUT2D eigenvalue weighted by atomic mass is 19.1. The molecule has 0 spiro atoms. The molecule has 0 saturated carbocycles. The van der Waals surface area contributed by atoms with Gasteiger partial charge in [0, 0.05) is 6.54 Å². The molecule has 1 amide bonds. The molecular formula is C20H22FN3O. The lowest BCUT2D eigenvalue weighted by molar-refractivity contribution is -0.126. The van der Waals surface area contributed by atoms with Crippen LogP contribution >= 0.6 is 0 Å². The van der Waals surface area contributed by atoms with Crippen LogP contribution in [0, 0.1) is 17.1 Å². The number of nitrogens with zero attached hydrogens (tertiary/aromatic N) is 2. The van der Waals surface area contributed by atoms with Crippen LogP contribution < -0.4 is 5.32 Å². The molecule has 4 nitrogen and oxygen atoms in total. The van der Waals surface area contributed by atoms with Gasteiger partial charge in [-0.1, -0.05) is 24.3 Å². The third kappa shape index (κ3) is 5.13. The maximum absolute atomic E-state index is 13.0. The fraction of sp³-hybridized carbons (Fsp3) is 0.300. The summed E-state index contributed by atoms with van der Waals surface area (Å²) in [4.78, 5) is 14.4. The Hall–Kier alpha value is -2.71. The Balaban J connectivity index is 1.96. The highest BCUT2D eigenvalue weighted by Crippen LogP contribution is 2.14. The van der Waals surface area contributed by atoms with E-state index in [0.717, 1.165) is 11.1 Å². The highest BCUT2D eigenvalue weighted by Gasteiger charge is 2.20. The van der Waals surface area contributed by atoms with E-state index < -0.39 is 0 Å². The van der Waals surface area contributed by atoms with Crippen LogP contribution in [0.5, 0.6) is 0 Å². The zero-order chi connectivity index (χ0) is 18.4. The third-order valence-electron chi connectivity index (χ3n) is 4.26. The van der Waals surface area contributed by atoms with E-state index in [-0.39, 0.29) is 23.8 Å². The number of nitriles is 1. The topological polar surface area (TPSA) is 56.1 Å². The lowest BCUT2D eigenvalue weighted by Crippen LogP contribution is -2.43. The van der Waals surface area contributed by atoms with Crippen LogP contribution in [0.15, 0.2) is 48.5 Å². The van der Waals surface area contributed by atoms with E-state index in [1.165, 1.54) is 12.1 Å². The minimum atomic E-state index is -0.339. The summed E-state index contributed by atoms with van der Waals surface area (Å²) in [5.41, 5.74) is 2.44. The van der Waals surface area contributed by atoms with Gasteiger partial charge in [0.25, 0.3) is 0 Å². The van der Waals surface area contributed by atoms with Gasteiger partial charge in [0.1, 0.15) is 5.82 Å². The molecule has 2 rings (SSSR count). The van der Waals surface area contributed by atoms with Gasteiger partial charge in [-0.15, -0.1) is 0 Å². The quantitative estimate of drug-likeness (QED) is 0.877. The molecule has 0 radical (unpaired) electrons. The van der Waals surface area contributed by atoms with Crippen LogP contribution in [0.25, 0.3) is 0 Å². The first-order valence-electron chi connectivity index (χ1n) is 8.16. The Morgan fingerprint density at radius 2 is 1.92 bits per heavy atom. The SMILES string of the molecule is CC(NC(=O)C(C)N(C)Cc1cccc(C#N)c1)c1ccc(F)cc1. The Kier molecular flexibility index (Phi) is 6.26. The smallest absolute Gasteiger partial charge is 0.237 e. The molecule has 130 valence electrons. The molecule has 0 bridgehead atoms. The molecule has 2 aromatic rings. The lowest BCUT2D eigenvalue weighted by Gasteiger charge is -2.26. The Labute approximate surface area is 147 Å². The molecule has 2 atom stereocenters. The fourth-order valence-electron chi connectivity index (χ4n) is 2.53. The molecule has 0 aromatic heterocycles. The van der Waals surface area contributed by atoms with Crippen molar-refractivity contribution in [1.82, 2.24) is 10.2 Å². The molecule has 0 heterocycles. The Morgan fingerprint density at radius 3 is 2.56 bits per heavy atom. The van der Waals surface area contributed by atoms with E-state index in [1.54, 1.807) is 18.2 Å². The summed E-state index contributed by atoms with van der Waals surface area (Å²) in [5, 5.41) is 11.9. The number of halogens is 1. The van der Waals surface area contributed by atoms with Gasteiger partial charge in [0.15, 0.2) is 0 Å². The zero-order valence-electron chi connectivity index (χ0n) is 14.7. The summed E-state index contributed by atoms with van der Waals surface area (Å²) in [5.74, 6) is -0.397. The average molecular weight is 339 g/mol. The second kappa shape index (κ2) is 8.41. The summed E-state index contributed by atoms with van der Waals surface area (Å²) >= 11 is 0. The van der Waals surface area contributed by atoms with E-state index in [2.05, 4.69) is 11.4 Å². The number of amides is 1. The van der Waals surface area contributed by atoms with Crippen LogP contribution in [0.1, 0.15) is 36.6 Å². The van der Waals surface area contributed by atoms with Gasteiger partial charge in [-0.05, 0) is 56.3 Å². The summed E-state index contributed by atoms with van der Waals surface area (Å²) in [7, 11) is 1.87. The molecular weight excluding hydrogens is 317 g/mol. The largest absolute Gasteiger partial charge is 0.348 e. The molecule has 5 heteroatoms. The number of carbonyl (C=O) groups is 1. The number of hydrogen-bond acceptors (Lipinski definition) is 3. The average Bonchev–Trinajstić information content (AvgIpc) is 2.61. The van der Waals surface area contributed by atoms with Crippen LogP contribution in [-0.4, -0.2) is 23.9 Å². The van der Waals surface area contributed by atoms with E-state index in [4.69, 9.17) is 5.26 Å². The van der Waals surface area contributed by atoms with Crippen molar-refractivity contribution in [3.63, 3.8) is 0 Å². The summed E-state index contributed by atoms with van der Waals surface area (Å²) < 4.78 is 13.0. The number of likely N-dealkylation sites (N-methyl/N-ethyl adjacent to an activating group) is 1. The van der Waals surface area contributed by atoms with Crippen molar-refractivity contribution in [2.24, 2.45) is 0 Å². The van der Waals surface area contributed by atoms with Crippen molar-refractivity contribution in [2.45, 2.75) is 32.5 Å². The number of benzene rings is 2. The maximum Gasteiger partial charge on any atom is 0.237 e. The molecule has 0 aliphatic rings. The first-order valence-corrected chi connectivity index (χ1v) is 8.16. The van der Waals surface area contributed by atoms with Crippen molar-refractivity contribution in [1.29, 1.82) is 5.26 Å². The molecule has 2 unspecified atom stereocenters. The number of nitrogens with one attached hydrogen (secondary N) is 1. The second-order valence-electron chi connectivity index (χ2n) is 6.19. The third-order valence-corrected chi connectivity index (χ3v) is 4.26. The summed E-state index contributed by atoms with van der Waals surface area (Å²) in [6, 6.07) is 15.0. The van der Waals surface area contributed by atoms with Gasteiger partial charge in [-0.25, -0.2) is 4.39 Å². The number of rotatable bonds is 6. The molecule has 0 aliphatic heterocycles. The van der Waals surface area contributed by atoms with Crippen molar-refractivity contribution < 1.29 is 9.18 Å². The van der Waals surface area contributed by atoms with Gasteiger partial charge in [0.05, 0.1) is 23.7 Å². The van der Waals surface area contributed by atoms with Crippen LogP contribution in [0.4, 0.5) is 4.39 Å². The summed E-state index contributed by atoms with van der Waals surface area (Å²) in [6.45, 7) is 4.27. The molecule has 0 aliphatic carbocycles. The second-order valence-corrected chi connectivity index (χ2v) is 6.19. The van der Waals surface area contributed by atoms with Gasteiger partial charge in [-0.2, -0.15) is 5.26 Å². The fourth-order valence-corrected chi connectivity index (χ4v) is 2.53. The zero-order valence-corrected chi connectivity index (χ0v) is 14.7. The Morgan fingerprint density at radius 1 is 1.24 bits per heavy atom. The van der Waals surface area contributed by atoms with E-state index in [1.807, 2.05) is 44.0 Å². The van der Waals surface area contributed by atoms with E-state index in [9.17, 15) is 9.18 Å². The molecule has 1 N–H and O–H groups in total. The van der Waals surface area contributed by atoms with E-state index >= 15 is 0 Å². The monoisotopic (exact) mass is 339 g/mol. The van der Waals surface area contributed by atoms with E-state index in [0.29, 0.717) is 12.1 Å². The first-order chi connectivity index (χ1) is 11.9. The van der Waals surface area contributed by atoms with Crippen LogP contribution in [0.3, 0.4) is 0 Å².